The zero-order valence-corrected chi connectivity index (χ0v) is 12.2. The molecule has 2 heterocycles. The minimum atomic E-state index is -0.119. The van der Waals surface area contributed by atoms with E-state index in [1.54, 1.807) is 24.5 Å². The second-order valence-corrected chi connectivity index (χ2v) is 4.89. The number of imidazole rings is 1. The fraction of sp³-hybridized carbons (Fsp3) is 0.308. The molecule has 0 radical (unpaired) electrons. The average Bonchev–Trinajstić information content (AvgIpc) is 2.84. The van der Waals surface area contributed by atoms with Crippen molar-refractivity contribution in [2.75, 3.05) is 17.7 Å². The predicted molar refractivity (Wildman–Crippen MR) is 78.0 cm³/mol. The van der Waals surface area contributed by atoms with Gasteiger partial charge in [-0.15, -0.1) is 0 Å². The summed E-state index contributed by atoms with van der Waals surface area (Å²) in [5.74, 6) is 0.600. The highest BCUT2D eigenvalue weighted by atomic mass is 32.2. The maximum Gasteiger partial charge on any atom is 0.237 e. The first-order chi connectivity index (χ1) is 9.70. The van der Waals surface area contributed by atoms with Crippen molar-refractivity contribution < 1.29 is 9.53 Å². The van der Waals surface area contributed by atoms with Gasteiger partial charge in [-0.2, -0.15) is 0 Å². The molecule has 7 heteroatoms. The Hall–Kier alpha value is -2.02. The van der Waals surface area contributed by atoms with Crippen LogP contribution >= 0.6 is 11.8 Å². The van der Waals surface area contributed by atoms with Gasteiger partial charge in [-0.25, -0.2) is 9.97 Å². The van der Waals surface area contributed by atoms with Gasteiger partial charge in [0.25, 0.3) is 0 Å². The van der Waals surface area contributed by atoms with Gasteiger partial charge < -0.3 is 14.6 Å². The van der Waals surface area contributed by atoms with E-state index in [0.717, 1.165) is 5.16 Å². The van der Waals surface area contributed by atoms with Gasteiger partial charge in [0.05, 0.1) is 12.4 Å². The lowest BCUT2D eigenvalue weighted by molar-refractivity contribution is -0.113. The maximum atomic E-state index is 11.9. The van der Waals surface area contributed by atoms with Gasteiger partial charge in [0.15, 0.2) is 5.16 Å². The van der Waals surface area contributed by atoms with Gasteiger partial charge >= 0.3 is 0 Å². The summed E-state index contributed by atoms with van der Waals surface area (Å²) in [7, 11) is 1.89. The van der Waals surface area contributed by atoms with E-state index in [-0.39, 0.29) is 11.7 Å². The van der Waals surface area contributed by atoms with Crippen molar-refractivity contribution >= 4 is 23.4 Å². The standard InChI is InChI=1S/C13H16N4O2S/c1-3-19-12-10(5-4-6-14-12)16-11(18)9-20-13-15-7-8-17(13)2/h4-8H,3,9H2,1-2H3,(H,16,18). The quantitative estimate of drug-likeness (QED) is 0.824. The summed E-state index contributed by atoms with van der Waals surface area (Å²) in [5.41, 5.74) is 0.583. The number of carbonyl (C=O) groups excluding carboxylic acids is 1. The molecule has 0 bridgehead atoms. The van der Waals surface area contributed by atoms with Gasteiger partial charge in [-0.3, -0.25) is 4.79 Å². The van der Waals surface area contributed by atoms with Gasteiger partial charge in [0, 0.05) is 25.6 Å². The number of rotatable bonds is 6. The molecule has 0 saturated carbocycles. The maximum absolute atomic E-state index is 11.9. The molecular weight excluding hydrogens is 276 g/mol. The number of hydrogen-bond acceptors (Lipinski definition) is 5. The van der Waals surface area contributed by atoms with Crippen LogP contribution in [0.2, 0.25) is 0 Å². The number of amides is 1. The summed E-state index contributed by atoms with van der Waals surface area (Å²) in [6, 6.07) is 3.52. The van der Waals surface area contributed by atoms with Crippen LogP contribution in [0, 0.1) is 0 Å². The predicted octanol–water partition coefficient (Wildman–Crippen LogP) is 1.94. The highest BCUT2D eigenvalue weighted by molar-refractivity contribution is 7.99. The number of ether oxygens (including phenoxy) is 1. The van der Waals surface area contributed by atoms with Crippen LogP contribution in [0.25, 0.3) is 0 Å². The van der Waals surface area contributed by atoms with E-state index in [0.29, 0.717) is 18.2 Å². The molecule has 0 aromatic carbocycles. The first kappa shape index (κ1) is 14.4. The minimum absolute atomic E-state index is 0.119. The molecule has 2 rings (SSSR count). The fourth-order valence-corrected chi connectivity index (χ4v) is 2.28. The molecule has 2 aromatic heterocycles. The summed E-state index contributed by atoms with van der Waals surface area (Å²) in [5, 5.41) is 3.60. The van der Waals surface area contributed by atoms with Crippen LogP contribution in [0.1, 0.15) is 6.92 Å². The van der Waals surface area contributed by atoms with Gasteiger partial charge in [-0.05, 0) is 19.1 Å². The van der Waals surface area contributed by atoms with Crippen LogP contribution in [0.3, 0.4) is 0 Å². The van der Waals surface area contributed by atoms with E-state index >= 15 is 0 Å². The number of aromatic nitrogens is 3. The number of carbonyl (C=O) groups is 1. The average molecular weight is 292 g/mol. The molecule has 0 saturated heterocycles. The summed E-state index contributed by atoms with van der Waals surface area (Å²) in [6.45, 7) is 2.37. The Bertz CT molecular complexity index is 585. The van der Waals surface area contributed by atoms with Crippen LogP contribution in [0.4, 0.5) is 5.69 Å². The molecular formula is C13H16N4O2S. The number of nitrogens with one attached hydrogen (secondary N) is 1. The fourth-order valence-electron chi connectivity index (χ4n) is 1.55. The zero-order chi connectivity index (χ0) is 14.4. The first-order valence-corrected chi connectivity index (χ1v) is 7.17. The number of pyridine rings is 1. The third-order valence-electron chi connectivity index (χ3n) is 2.44. The molecule has 0 unspecified atom stereocenters. The number of aryl methyl sites for hydroxylation is 1. The summed E-state index contributed by atoms with van der Waals surface area (Å²) < 4.78 is 7.23. The van der Waals surface area contributed by atoms with Crippen LogP contribution in [-0.2, 0) is 11.8 Å². The normalized spacial score (nSPS) is 10.3. The molecule has 0 spiro atoms. The van der Waals surface area contributed by atoms with Crippen molar-refractivity contribution in [1.29, 1.82) is 0 Å². The summed E-state index contributed by atoms with van der Waals surface area (Å²) >= 11 is 1.38. The number of hydrogen-bond donors (Lipinski definition) is 1. The second-order valence-electron chi connectivity index (χ2n) is 3.95. The molecule has 0 atom stereocenters. The van der Waals surface area contributed by atoms with E-state index in [2.05, 4.69) is 15.3 Å². The van der Waals surface area contributed by atoms with Crippen molar-refractivity contribution in [3.05, 3.63) is 30.7 Å². The Labute approximate surface area is 121 Å². The Morgan fingerprint density at radius 3 is 3.00 bits per heavy atom. The monoisotopic (exact) mass is 292 g/mol. The molecule has 20 heavy (non-hydrogen) atoms. The van der Waals surface area contributed by atoms with Crippen LogP contribution < -0.4 is 10.1 Å². The van der Waals surface area contributed by atoms with E-state index in [4.69, 9.17) is 4.74 Å². The first-order valence-electron chi connectivity index (χ1n) is 6.18. The molecule has 1 N–H and O–H groups in total. The molecule has 2 aromatic rings. The zero-order valence-electron chi connectivity index (χ0n) is 11.4. The third-order valence-corrected chi connectivity index (χ3v) is 3.49. The van der Waals surface area contributed by atoms with E-state index in [1.807, 2.05) is 24.7 Å². The SMILES string of the molecule is CCOc1ncccc1NC(=O)CSc1nccn1C. The van der Waals surface area contributed by atoms with Crippen LogP contribution in [0.15, 0.2) is 35.9 Å². The second kappa shape index (κ2) is 6.95. The van der Waals surface area contributed by atoms with Gasteiger partial charge in [0.2, 0.25) is 11.8 Å². The Kier molecular flexibility index (Phi) is 5.00. The highest BCUT2D eigenvalue weighted by Crippen LogP contribution is 2.21. The highest BCUT2D eigenvalue weighted by Gasteiger charge is 2.10. The van der Waals surface area contributed by atoms with Crippen molar-refractivity contribution in [3.63, 3.8) is 0 Å². The van der Waals surface area contributed by atoms with Crippen LogP contribution in [-0.4, -0.2) is 32.8 Å². The summed E-state index contributed by atoms with van der Waals surface area (Å²) in [6.07, 6.45) is 5.17. The van der Waals surface area contributed by atoms with Crippen molar-refractivity contribution in [2.45, 2.75) is 12.1 Å². The van der Waals surface area contributed by atoms with Gasteiger partial charge in [0.1, 0.15) is 5.69 Å². The molecule has 0 aliphatic carbocycles. The lowest BCUT2D eigenvalue weighted by atomic mass is 10.4. The van der Waals surface area contributed by atoms with Crippen molar-refractivity contribution in [3.8, 4) is 5.88 Å². The lowest BCUT2D eigenvalue weighted by Crippen LogP contribution is -2.15. The number of thioether (sulfide) groups is 1. The van der Waals surface area contributed by atoms with E-state index < -0.39 is 0 Å². The van der Waals surface area contributed by atoms with E-state index in [1.165, 1.54) is 11.8 Å². The number of nitrogens with zero attached hydrogens (tertiary/aromatic N) is 3. The Morgan fingerprint density at radius 1 is 1.45 bits per heavy atom. The molecule has 0 aliphatic rings. The third kappa shape index (κ3) is 3.74. The van der Waals surface area contributed by atoms with E-state index in [9.17, 15) is 4.79 Å². The molecule has 6 nitrogen and oxygen atoms in total. The Morgan fingerprint density at radius 2 is 2.30 bits per heavy atom. The minimum Gasteiger partial charge on any atom is -0.476 e. The molecule has 0 fully saturated rings. The Balaban J connectivity index is 1.93. The largest absolute Gasteiger partial charge is 0.476 e. The summed E-state index contributed by atoms with van der Waals surface area (Å²) in [4.78, 5) is 20.2. The molecule has 1 amide bonds. The topological polar surface area (TPSA) is 69.0 Å². The molecule has 0 aliphatic heterocycles. The molecule has 106 valence electrons. The van der Waals surface area contributed by atoms with Crippen molar-refractivity contribution in [2.24, 2.45) is 7.05 Å². The number of anilines is 1. The van der Waals surface area contributed by atoms with Gasteiger partial charge in [-0.1, -0.05) is 11.8 Å². The van der Waals surface area contributed by atoms with Crippen molar-refractivity contribution in [1.82, 2.24) is 14.5 Å². The lowest BCUT2D eigenvalue weighted by Gasteiger charge is -2.09. The smallest absolute Gasteiger partial charge is 0.237 e. The van der Waals surface area contributed by atoms with Crippen LogP contribution in [0.5, 0.6) is 5.88 Å².